The van der Waals surface area contributed by atoms with E-state index in [0.717, 1.165) is 0 Å². The number of halogens is 1. The smallest absolute Gasteiger partial charge is 0.181 e. The van der Waals surface area contributed by atoms with Crippen molar-refractivity contribution >= 4 is 5.78 Å². The maximum Gasteiger partial charge on any atom is 0.181 e. The van der Waals surface area contributed by atoms with Crippen LogP contribution in [-0.2, 0) is 0 Å². The second kappa shape index (κ2) is 8.13. The second-order valence-corrected chi connectivity index (χ2v) is 5.83. The summed E-state index contributed by atoms with van der Waals surface area (Å²) in [5, 5.41) is 9.75. The van der Waals surface area contributed by atoms with Crippen LogP contribution in [-0.4, -0.2) is 15.8 Å². The Labute approximate surface area is 151 Å². The molecule has 2 atom stereocenters. The molecule has 5 heteroatoms. The topological polar surface area (TPSA) is 66.6 Å². The molecule has 0 aliphatic rings. The van der Waals surface area contributed by atoms with Gasteiger partial charge in [0.15, 0.2) is 5.78 Å². The van der Waals surface area contributed by atoms with Crippen LogP contribution in [0.15, 0.2) is 73.1 Å². The lowest BCUT2D eigenvalue weighted by atomic mass is 9.80. The number of ketones is 1. The lowest BCUT2D eigenvalue weighted by molar-refractivity contribution is 0.0966. The predicted molar refractivity (Wildman–Crippen MR) is 94.9 cm³/mol. The Morgan fingerprint density at radius 1 is 1.00 bits per heavy atom. The van der Waals surface area contributed by atoms with Gasteiger partial charge in [-0.15, -0.1) is 0 Å². The summed E-state index contributed by atoms with van der Waals surface area (Å²) in [5.41, 5.74) is 1.14. The van der Waals surface area contributed by atoms with Gasteiger partial charge in [-0.25, -0.2) is 4.39 Å². The van der Waals surface area contributed by atoms with E-state index in [9.17, 15) is 14.4 Å². The molecule has 3 rings (SSSR count). The molecule has 2 unspecified atom stereocenters. The maximum absolute atomic E-state index is 14.4. The summed E-state index contributed by atoms with van der Waals surface area (Å²) in [6, 6.07) is 18.7. The highest BCUT2D eigenvalue weighted by Gasteiger charge is 2.30. The first-order valence-electron chi connectivity index (χ1n) is 8.20. The van der Waals surface area contributed by atoms with E-state index in [0.29, 0.717) is 17.0 Å². The van der Waals surface area contributed by atoms with Crippen molar-refractivity contribution in [1.29, 1.82) is 5.26 Å². The molecule has 0 spiro atoms. The van der Waals surface area contributed by atoms with E-state index >= 15 is 0 Å². The molecule has 0 aliphatic carbocycles. The van der Waals surface area contributed by atoms with E-state index in [1.807, 2.05) is 0 Å². The summed E-state index contributed by atoms with van der Waals surface area (Å²) in [4.78, 5) is 21.0. The van der Waals surface area contributed by atoms with Gasteiger partial charge < -0.3 is 0 Å². The molecule has 0 aliphatic heterocycles. The Balaban J connectivity index is 2.01. The van der Waals surface area contributed by atoms with Gasteiger partial charge in [0.05, 0.1) is 17.7 Å². The normalized spacial score (nSPS) is 12.8. The SMILES string of the molecule is N#CC(c1ccccn1)C(CC(=O)c1ccccn1)c1ccccc1F. The average Bonchev–Trinajstić information content (AvgIpc) is 2.70. The number of hydrogen-bond acceptors (Lipinski definition) is 4. The zero-order valence-electron chi connectivity index (χ0n) is 13.9. The Bertz CT molecular complexity index is 923. The average molecular weight is 345 g/mol. The molecule has 0 saturated heterocycles. The van der Waals surface area contributed by atoms with E-state index in [-0.39, 0.29) is 12.2 Å². The van der Waals surface area contributed by atoms with Crippen LogP contribution in [0.5, 0.6) is 0 Å². The van der Waals surface area contributed by atoms with Crippen molar-refractivity contribution < 1.29 is 9.18 Å². The molecule has 0 radical (unpaired) electrons. The van der Waals surface area contributed by atoms with Gasteiger partial charge in [-0.05, 0) is 35.9 Å². The van der Waals surface area contributed by atoms with Gasteiger partial charge in [-0.3, -0.25) is 14.8 Å². The Hall–Kier alpha value is -3.39. The first-order valence-corrected chi connectivity index (χ1v) is 8.20. The number of nitrogens with zero attached hydrogens (tertiary/aromatic N) is 3. The molecule has 2 heterocycles. The number of carbonyl (C=O) groups excluding carboxylic acids is 1. The van der Waals surface area contributed by atoms with Gasteiger partial charge in [0, 0.05) is 24.7 Å². The van der Waals surface area contributed by atoms with Crippen molar-refractivity contribution in [3.63, 3.8) is 0 Å². The highest BCUT2D eigenvalue weighted by atomic mass is 19.1. The maximum atomic E-state index is 14.4. The third-order valence-electron chi connectivity index (χ3n) is 4.21. The van der Waals surface area contributed by atoms with Gasteiger partial charge in [-0.2, -0.15) is 5.26 Å². The van der Waals surface area contributed by atoms with Crippen LogP contribution in [0, 0.1) is 17.1 Å². The first-order chi connectivity index (χ1) is 12.7. The number of Topliss-reactive ketones (excluding diaryl/α,β-unsaturated/α-hetero) is 1. The summed E-state index contributed by atoms with van der Waals surface area (Å²) >= 11 is 0. The second-order valence-electron chi connectivity index (χ2n) is 5.83. The number of nitriles is 1. The lowest BCUT2D eigenvalue weighted by Crippen LogP contribution is -2.17. The quantitative estimate of drug-likeness (QED) is 0.625. The fourth-order valence-corrected chi connectivity index (χ4v) is 2.94. The van der Waals surface area contributed by atoms with Crippen LogP contribution in [0.25, 0.3) is 0 Å². The van der Waals surface area contributed by atoms with E-state index < -0.39 is 17.7 Å². The minimum atomic E-state index is -0.749. The summed E-state index contributed by atoms with van der Waals surface area (Å²) < 4.78 is 14.4. The van der Waals surface area contributed by atoms with Crippen LogP contribution in [0.2, 0.25) is 0 Å². The van der Waals surface area contributed by atoms with E-state index in [2.05, 4.69) is 16.0 Å². The molecule has 0 bridgehead atoms. The highest BCUT2D eigenvalue weighted by molar-refractivity contribution is 5.94. The summed E-state index contributed by atoms with van der Waals surface area (Å²) in [7, 11) is 0. The molecule has 0 amide bonds. The van der Waals surface area contributed by atoms with E-state index in [1.165, 1.54) is 12.3 Å². The predicted octanol–water partition coefficient (Wildman–Crippen LogP) is 4.28. The summed E-state index contributed by atoms with van der Waals surface area (Å²) in [6.07, 6.45) is 3.08. The molecule has 4 nitrogen and oxygen atoms in total. The van der Waals surface area contributed by atoms with E-state index in [1.54, 1.807) is 60.8 Å². The van der Waals surface area contributed by atoms with Crippen molar-refractivity contribution in [2.24, 2.45) is 0 Å². The van der Waals surface area contributed by atoms with Gasteiger partial charge in [-0.1, -0.05) is 30.3 Å². The Kier molecular flexibility index (Phi) is 5.45. The van der Waals surface area contributed by atoms with Crippen molar-refractivity contribution in [2.75, 3.05) is 0 Å². The van der Waals surface area contributed by atoms with Crippen LogP contribution in [0.1, 0.15) is 40.0 Å². The monoisotopic (exact) mass is 345 g/mol. The third kappa shape index (κ3) is 3.81. The number of aromatic nitrogens is 2. The molecule has 0 N–H and O–H groups in total. The molecular weight excluding hydrogens is 329 g/mol. The van der Waals surface area contributed by atoms with Crippen LogP contribution in [0.4, 0.5) is 4.39 Å². The zero-order chi connectivity index (χ0) is 18.4. The zero-order valence-corrected chi connectivity index (χ0v) is 13.9. The number of carbonyl (C=O) groups is 1. The third-order valence-corrected chi connectivity index (χ3v) is 4.21. The van der Waals surface area contributed by atoms with E-state index in [4.69, 9.17) is 0 Å². The molecule has 128 valence electrons. The lowest BCUT2D eigenvalue weighted by Gasteiger charge is -2.22. The molecule has 0 fully saturated rings. The van der Waals surface area contributed by atoms with Crippen molar-refractivity contribution in [3.8, 4) is 6.07 Å². The number of hydrogen-bond donors (Lipinski definition) is 0. The molecule has 26 heavy (non-hydrogen) atoms. The summed E-state index contributed by atoms with van der Waals surface area (Å²) in [5.74, 6) is -2.09. The molecule has 2 aromatic heterocycles. The van der Waals surface area contributed by atoms with Crippen molar-refractivity contribution in [2.45, 2.75) is 18.3 Å². The minimum absolute atomic E-state index is 0.0350. The minimum Gasteiger partial charge on any atom is -0.292 e. The largest absolute Gasteiger partial charge is 0.292 e. The van der Waals surface area contributed by atoms with Crippen molar-refractivity contribution in [1.82, 2.24) is 9.97 Å². The highest BCUT2D eigenvalue weighted by Crippen LogP contribution is 2.36. The van der Waals surface area contributed by atoms with Gasteiger partial charge in [0.25, 0.3) is 0 Å². The number of rotatable bonds is 6. The Morgan fingerprint density at radius 2 is 1.69 bits per heavy atom. The Morgan fingerprint density at radius 3 is 2.31 bits per heavy atom. The first kappa shape index (κ1) is 17.4. The fraction of sp³-hybridized carbons (Fsp3) is 0.143. The van der Waals surface area contributed by atoms with Gasteiger partial charge in [0.1, 0.15) is 11.5 Å². The van der Waals surface area contributed by atoms with Crippen molar-refractivity contribution in [3.05, 3.63) is 95.8 Å². The molecule has 1 aromatic carbocycles. The molecule has 0 saturated carbocycles. The van der Waals surface area contributed by atoms with Crippen LogP contribution in [0.3, 0.4) is 0 Å². The molecular formula is C21H16FN3O. The van der Waals surface area contributed by atoms with Gasteiger partial charge >= 0.3 is 0 Å². The van der Waals surface area contributed by atoms with Crippen LogP contribution < -0.4 is 0 Å². The summed E-state index contributed by atoms with van der Waals surface area (Å²) in [6.45, 7) is 0. The molecule has 3 aromatic rings. The number of benzene rings is 1. The standard InChI is InChI=1S/C21H16FN3O/c22-18-8-2-1-7-15(18)16(13-21(26)20-10-4-6-12-25-20)17(14-23)19-9-3-5-11-24-19/h1-12,16-17H,13H2. The number of pyridine rings is 2. The van der Waals surface area contributed by atoms with Gasteiger partial charge in [0.2, 0.25) is 0 Å². The van der Waals surface area contributed by atoms with Crippen LogP contribution >= 0.6 is 0 Å². The fourth-order valence-electron chi connectivity index (χ4n) is 2.94.